The summed E-state index contributed by atoms with van der Waals surface area (Å²) in [6.07, 6.45) is 7.47. The van der Waals surface area contributed by atoms with Gasteiger partial charge in [0.2, 0.25) is 0 Å². The summed E-state index contributed by atoms with van der Waals surface area (Å²) in [7, 11) is 0. The number of hydrogen-bond acceptors (Lipinski definition) is 7. The Morgan fingerprint density at radius 3 is 2.43 bits per heavy atom. The molecule has 7 nitrogen and oxygen atoms in total. The molecule has 2 unspecified atom stereocenters. The standard InChI is InChI=1S/C23H40O7/c1-3-4-11-20(26)21(27)13-12-19-18(22(28)14-23(19)29)10-8-6-5-7-9-17(25)15-30-16(2)24/h12-13,18-23,26-29H,3-11,14-15H2,1-2H3/b13-12+/t18-,19-,20?,21?,22+,23-/m1/s1. The van der Waals surface area contributed by atoms with Gasteiger partial charge in [0.15, 0.2) is 5.78 Å². The summed E-state index contributed by atoms with van der Waals surface area (Å²) in [5, 5.41) is 40.7. The SMILES string of the molecule is CCCCC(O)C(O)/C=C/[C@@H]1[C@@H](CCCCCCC(=O)COC(C)=O)[C@@H](O)C[C@H]1O. The highest BCUT2D eigenvalue weighted by atomic mass is 16.5. The molecule has 1 fully saturated rings. The number of carbonyl (C=O) groups is 2. The molecule has 0 aliphatic heterocycles. The fourth-order valence-corrected chi connectivity index (χ4v) is 4.04. The summed E-state index contributed by atoms with van der Waals surface area (Å²) in [5.41, 5.74) is 0. The van der Waals surface area contributed by atoms with Crippen LogP contribution in [-0.2, 0) is 14.3 Å². The number of aliphatic hydroxyl groups excluding tert-OH is 4. The number of ketones is 1. The Balaban J connectivity index is 2.36. The molecule has 6 atom stereocenters. The molecule has 174 valence electrons. The number of aliphatic hydroxyl groups is 4. The fraction of sp³-hybridized carbons (Fsp3) is 0.826. The number of carbonyl (C=O) groups excluding carboxylic acids is 2. The van der Waals surface area contributed by atoms with Gasteiger partial charge in [0.05, 0.1) is 24.4 Å². The predicted octanol–water partition coefficient (Wildman–Crippen LogP) is 2.29. The van der Waals surface area contributed by atoms with Crippen LogP contribution >= 0.6 is 0 Å². The van der Waals surface area contributed by atoms with Crippen LogP contribution in [0.1, 0.15) is 78.1 Å². The predicted molar refractivity (Wildman–Crippen MR) is 114 cm³/mol. The van der Waals surface area contributed by atoms with Crippen molar-refractivity contribution in [2.45, 2.75) is 102 Å². The normalized spacial score (nSPS) is 26.1. The highest BCUT2D eigenvalue weighted by molar-refractivity contribution is 5.81. The molecule has 0 heterocycles. The Hall–Kier alpha value is -1.28. The second-order valence-corrected chi connectivity index (χ2v) is 8.47. The topological polar surface area (TPSA) is 124 Å². The number of esters is 1. The van der Waals surface area contributed by atoms with Crippen molar-refractivity contribution in [1.82, 2.24) is 0 Å². The Morgan fingerprint density at radius 1 is 1.07 bits per heavy atom. The van der Waals surface area contributed by atoms with E-state index in [0.29, 0.717) is 19.3 Å². The van der Waals surface area contributed by atoms with Gasteiger partial charge in [-0.3, -0.25) is 9.59 Å². The molecule has 1 saturated carbocycles. The van der Waals surface area contributed by atoms with Crippen LogP contribution in [0, 0.1) is 11.8 Å². The van der Waals surface area contributed by atoms with Crippen molar-refractivity contribution in [3.05, 3.63) is 12.2 Å². The summed E-state index contributed by atoms with van der Waals surface area (Å²) >= 11 is 0. The highest BCUT2D eigenvalue weighted by Crippen LogP contribution is 2.37. The number of unbranched alkanes of at least 4 members (excludes halogenated alkanes) is 4. The van der Waals surface area contributed by atoms with Crippen LogP contribution in [0.3, 0.4) is 0 Å². The van der Waals surface area contributed by atoms with E-state index >= 15 is 0 Å². The Kier molecular flexibility index (Phi) is 13.1. The maximum absolute atomic E-state index is 11.6. The lowest BCUT2D eigenvalue weighted by atomic mass is 9.87. The Labute approximate surface area is 180 Å². The summed E-state index contributed by atoms with van der Waals surface area (Å²) in [6, 6.07) is 0. The van der Waals surface area contributed by atoms with Crippen molar-refractivity contribution in [2.24, 2.45) is 11.8 Å². The Bertz CT molecular complexity index is 534. The van der Waals surface area contributed by atoms with E-state index in [1.807, 2.05) is 6.92 Å². The van der Waals surface area contributed by atoms with Gasteiger partial charge >= 0.3 is 5.97 Å². The largest absolute Gasteiger partial charge is 0.458 e. The molecule has 0 amide bonds. The maximum atomic E-state index is 11.6. The second kappa shape index (κ2) is 14.7. The van der Waals surface area contributed by atoms with Crippen LogP contribution in [0.2, 0.25) is 0 Å². The van der Waals surface area contributed by atoms with Crippen molar-refractivity contribution in [3.63, 3.8) is 0 Å². The molecule has 4 N–H and O–H groups in total. The molecular formula is C23H40O7. The zero-order valence-electron chi connectivity index (χ0n) is 18.4. The first-order valence-corrected chi connectivity index (χ1v) is 11.3. The molecule has 0 saturated heterocycles. The molecular weight excluding hydrogens is 388 g/mol. The molecule has 0 aromatic heterocycles. The van der Waals surface area contributed by atoms with Crippen LogP contribution in [-0.4, -0.2) is 63.2 Å². The molecule has 1 aliphatic carbocycles. The van der Waals surface area contributed by atoms with Gasteiger partial charge in [0.25, 0.3) is 0 Å². The van der Waals surface area contributed by atoms with Crippen LogP contribution in [0.15, 0.2) is 12.2 Å². The second-order valence-electron chi connectivity index (χ2n) is 8.47. The molecule has 30 heavy (non-hydrogen) atoms. The lowest BCUT2D eigenvalue weighted by Crippen LogP contribution is -2.25. The van der Waals surface area contributed by atoms with Gasteiger partial charge in [-0.1, -0.05) is 51.2 Å². The van der Waals surface area contributed by atoms with E-state index in [9.17, 15) is 30.0 Å². The molecule has 0 bridgehead atoms. The third kappa shape index (κ3) is 10.2. The van der Waals surface area contributed by atoms with E-state index in [-0.39, 0.29) is 24.2 Å². The van der Waals surface area contributed by atoms with Gasteiger partial charge < -0.3 is 25.2 Å². The first-order chi connectivity index (χ1) is 14.3. The van der Waals surface area contributed by atoms with Gasteiger partial charge in [-0.15, -0.1) is 0 Å². The van der Waals surface area contributed by atoms with Crippen LogP contribution in [0.5, 0.6) is 0 Å². The number of hydrogen-bond donors (Lipinski definition) is 4. The number of rotatable bonds is 15. The zero-order valence-corrected chi connectivity index (χ0v) is 18.4. The van der Waals surface area contributed by atoms with Crippen LogP contribution < -0.4 is 0 Å². The van der Waals surface area contributed by atoms with Crippen molar-refractivity contribution in [2.75, 3.05) is 6.61 Å². The minimum absolute atomic E-state index is 0.0792. The van der Waals surface area contributed by atoms with Crippen molar-refractivity contribution in [3.8, 4) is 0 Å². The number of Topliss-reactive ketones (excluding diaryl/α,β-unsaturated/α-hetero) is 1. The van der Waals surface area contributed by atoms with E-state index in [1.165, 1.54) is 6.92 Å². The van der Waals surface area contributed by atoms with Crippen LogP contribution in [0.4, 0.5) is 0 Å². The molecule has 0 aromatic carbocycles. The van der Waals surface area contributed by atoms with Crippen LogP contribution in [0.25, 0.3) is 0 Å². The lowest BCUT2D eigenvalue weighted by Gasteiger charge is -2.22. The van der Waals surface area contributed by atoms with E-state index < -0.39 is 30.4 Å². The van der Waals surface area contributed by atoms with E-state index in [4.69, 9.17) is 0 Å². The van der Waals surface area contributed by atoms with Crippen molar-refractivity contribution >= 4 is 11.8 Å². The Morgan fingerprint density at radius 2 is 1.77 bits per heavy atom. The van der Waals surface area contributed by atoms with E-state index in [0.717, 1.165) is 44.9 Å². The average molecular weight is 429 g/mol. The van der Waals surface area contributed by atoms with Gasteiger partial charge in [-0.2, -0.15) is 0 Å². The zero-order chi connectivity index (χ0) is 22.5. The molecule has 7 heteroatoms. The minimum atomic E-state index is -0.966. The summed E-state index contributed by atoms with van der Waals surface area (Å²) in [5.74, 6) is -0.850. The molecule has 0 aromatic rings. The van der Waals surface area contributed by atoms with Crippen molar-refractivity contribution < 1.29 is 34.8 Å². The fourth-order valence-electron chi connectivity index (χ4n) is 4.04. The summed E-state index contributed by atoms with van der Waals surface area (Å²) in [6.45, 7) is 3.14. The third-order valence-corrected chi connectivity index (χ3v) is 5.87. The average Bonchev–Trinajstić information content (AvgIpc) is 2.97. The first kappa shape index (κ1) is 26.8. The smallest absolute Gasteiger partial charge is 0.303 e. The summed E-state index contributed by atoms with van der Waals surface area (Å²) < 4.78 is 4.68. The monoisotopic (exact) mass is 428 g/mol. The molecule has 0 spiro atoms. The van der Waals surface area contributed by atoms with Gasteiger partial charge in [-0.05, 0) is 25.2 Å². The van der Waals surface area contributed by atoms with E-state index in [2.05, 4.69) is 4.74 Å². The molecule has 1 rings (SSSR count). The molecule has 0 radical (unpaired) electrons. The number of ether oxygens (including phenoxy) is 1. The summed E-state index contributed by atoms with van der Waals surface area (Å²) in [4.78, 5) is 22.2. The quantitative estimate of drug-likeness (QED) is 0.179. The third-order valence-electron chi connectivity index (χ3n) is 5.87. The first-order valence-electron chi connectivity index (χ1n) is 11.3. The lowest BCUT2D eigenvalue weighted by molar-refractivity contribution is -0.145. The highest BCUT2D eigenvalue weighted by Gasteiger charge is 2.39. The molecule has 1 aliphatic rings. The minimum Gasteiger partial charge on any atom is -0.458 e. The van der Waals surface area contributed by atoms with E-state index in [1.54, 1.807) is 12.2 Å². The van der Waals surface area contributed by atoms with Gasteiger partial charge in [0, 0.05) is 25.7 Å². The van der Waals surface area contributed by atoms with Gasteiger partial charge in [-0.25, -0.2) is 0 Å². The maximum Gasteiger partial charge on any atom is 0.303 e. The van der Waals surface area contributed by atoms with Crippen molar-refractivity contribution in [1.29, 1.82) is 0 Å². The van der Waals surface area contributed by atoms with Gasteiger partial charge in [0.1, 0.15) is 6.61 Å².